The van der Waals surface area contributed by atoms with E-state index in [0.717, 1.165) is 31.4 Å². The molecule has 1 aromatic carbocycles. The van der Waals surface area contributed by atoms with Crippen molar-refractivity contribution < 1.29 is 19.7 Å². The fraction of sp³-hybridized carbons (Fsp3) is 0.500. The van der Waals surface area contributed by atoms with E-state index in [1.165, 1.54) is 0 Å². The minimum atomic E-state index is -1.22. The van der Waals surface area contributed by atoms with Crippen molar-refractivity contribution in [2.45, 2.75) is 38.2 Å². The number of unbranched alkanes of at least 4 members (excludes halogenated alkanes) is 3. The summed E-state index contributed by atoms with van der Waals surface area (Å²) in [4.78, 5) is 10.4. The molecule has 0 spiro atoms. The summed E-state index contributed by atoms with van der Waals surface area (Å²) in [5.74, 6) is -0.263. The Morgan fingerprint density at radius 3 is 2.44 bits per heavy atom. The molecule has 4 heteroatoms. The Bertz CT molecular complexity index is 337. The second-order valence-corrected chi connectivity index (χ2v) is 4.22. The summed E-state index contributed by atoms with van der Waals surface area (Å²) in [5.41, 5.74) is 0. The minimum absolute atomic E-state index is 0.328. The number of hydrogen-bond donors (Lipinski definition) is 2. The predicted octanol–water partition coefficient (Wildman–Crippen LogP) is 2.46. The molecule has 0 aliphatic rings. The molecule has 100 valence electrons. The van der Waals surface area contributed by atoms with Gasteiger partial charge in [-0.05, 0) is 25.0 Å². The van der Waals surface area contributed by atoms with Crippen molar-refractivity contribution in [3.8, 4) is 5.75 Å². The maximum absolute atomic E-state index is 10.4. The maximum Gasteiger partial charge on any atom is 0.332 e. The molecule has 0 aromatic heterocycles. The number of benzene rings is 1. The van der Waals surface area contributed by atoms with Gasteiger partial charge < -0.3 is 14.9 Å². The third kappa shape index (κ3) is 6.25. The Labute approximate surface area is 107 Å². The molecule has 0 aliphatic carbocycles. The number of ether oxygens (including phenoxy) is 1. The van der Waals surface area contributed by atoms with Gasteiger partial charge in [0.1, 0.15) is 5.75 Å². The lowest BCUT2D eigenvalue weighted by molar-refractivity contribution is -0.146. The van der Waals surface area contributed by atoms with Crippen LogP contribution in [-0.4, -0.2) is 28.9 Å². The smallest absolute Gasteiger partial charge is 0.332 e. The number of carboxylic acid groups (broad SMARTS) is 1. The van der Waals surface area contributed by atoms with E-state index in [2.05, 4.69) is 0 Å². The van der Waals surface area contributed by atoms with E-state index in [1.807, 2.05) is 30.3 Å². The number of para-hydroxylation sites is 1. The van der Waals surface area contributed by atoms with Crippen LogP contribution in [-0.2, 0) is 4.79 Å². The van der Waals surface area contributed by atoms with Gasteiger partial charge in [-0.1, -0.05) is 37.5 Å². The summed E-state index contributed by atoms with van der Waals surface area (Å²) < 4.78 is 5.53. The van der Waals surface area contributed by atoms with Crippen molar-refractivity contribution >= 4 is 5.97 Å². The summed E-state index contributed by atoms with van der Waals surface area (Å²) in [6.45, 7) is 0.672. The molecule has 0 aliphatic heterocycles. The SMILES string of the molecule is O=C(O)C(O)CCCCCCOc1ccccc1. The van der Waals surface area contributed by atoms with Crippen molar-refractivity contribution in [2.24, 2.45) is 0 Å². The molecule has 2 N–H and O–H groups in total. The first-order valence-electron chi connectivity index (χ1n) is 6.29. The Morgan fingerprint density at radius 1 is 1.11 bits per heavy atom. The van der Waals surface area contributed by atoms with Crippen LogP contribution in [0.4, 0.5) is 0 Å². The van der Waals surface area contributed by atoms with Crippen molar-refractivity contribution in [2.75, 3.05) is 6.61 Å². The highest BCUT2D eigenvalue weighted by atomic mass is 16.5. The number of carbonyl (C=O) groups is 1. The van der Waals surface area contributed by atoms with Crippen molar-refractivity contribution in [1.29, 1.82) is 0 Å². The Balaban J connectivity index is 1.95. The number of hydrogen-bond acceptors (Lipinski definition) is 3. The average molecular weight is 252 g/mol. The van der Waals surface area contributed by atoms with Crippen LogP contribution in [0.3, 0.4) is 0 Å². The van der Waals surface area contributed by atoms with E-state index >= 15 is 0 Å². The zero-order chi connectivity index (χ0) is 13.2. The third-order valence-electron chi connectivity index (χ3n) is 2.67. The lowest BCUT2D eigenvalue weighted by Gasteiger charge is -2.06. The van der Waals surface area contributed by atoms with Crippen LogP contribution in [0.15, 0.2) is 30.3 Å². The number of aliphatic carboxylic acids is 1. The first kappa shape index (κ1) is 14.5. The van der Waals surface area contributed by atoms with Gasteiger partial charge in [-0.2, -0.15) is 0 Å². The first-order valence-corrected chi connectivity index (χ1v) is 6.29. The largest absolute Gasteiger partial charge is 0.494 e. The fourth-order valence-corrected chi connectivity index (χ4v) is 1.62. The second-order valence-electron chi connectivity index (χ2n) is 4.22. The normalized spacial score (nSPS) is 12.1. The van der Waals surface area contributed by atoms with Crippen LogP contribution >= 0.6 is 0 Å². The highest BCUT2D eigenvalue weighted by molar-refractivity contribution is 5.71. The molecule has 0 fully saturated rings. The lowest BCUT2D eigenvalue weighted by Crippen LogP contribution is -2.18. The van der Waals surface area contributed by atoms with Crippen molar-refractivity contribution in [3.05, 3.63) is 30.3 Å². The zero-order valence-corrected chi connectivity index (χ0v) is 10.4. The molecule has 1 rings (SSSR count). The molecule has 0 radical (unpaired) electrons. The highest BCUT2D eigenvalue weighted by Gasteiger charge is 2.11. The van der Waals surface area contributed by atoms with Gasteiger partial charge in [0.15, 0.2) is 6.10 Å². The first-order chi connectivity index (χ1) is 8.70. The zero-order valence-electron chi connectivity index (χ0n) is 10.4. The van der Waals surface area contributed by atoms with Gasteiger partial charge in [-0.3, -0.25) is 0 Å². The van der Waals surface area contributed by atoms with Gasteiger partial charge in [-0.15, -0.1) is 0 Å². The topological polar surface area (TPSA) is 66.8 Å². The lowest BCUT2D eigenvalue weighted by atomic mass is 10.1. The van der Waals surface area contributed by atoms with Crippen LogP contribution < -0.4 is 4.74 Å². The summed E-state index contributed by atoms with van der Waals surface area (Å²) in [5, 5.41) is 17.5. The van der Waals surface area contributed by atoms with Gasteiger partial charge >= 0.3 is 5.97 Å². The van der Waals surface area contributed by atoms with E-state index in [0.29, 0.717) is 13.0 Å². The Hall–Kier alpha value is -1.55. The molecule has 0 saturated heterocycles. The maximum atomic E-state index is 10.4. The molecule has 0 bridgehead atoms. The average Bonchev–Trinajstić information content (AvgIpc) is 2.38. The Morgan fingerprint density at radius 2 is 1.78 bits per heavy atom. The minimum Gasteiger partial charge on any atom is -0.494 e. The van der Waals surface area contributed by atoms with Gasteiger partial charge in [0, 0.05) is 0 Å². The van der Waals surface area contributed by atoms with Crippen LogP contribution in [0.5, 0.6) is 5.75 Å². The predicted molar refractivity (Wildman–Crippen MR) is 68.7 cm³/mol. The van der Waals surface area contributed by atoms with Gasteiger partial charge in [0.25, 0.3) is 0 Å². The van der Waals surface area contributed by atoms with Crippen molar-refractivity contribution in [3.63, 3.8) is 0 Å². The standard InChI is InChI=1S/C14H20O4/c15-13(14(16)17)10-6-1-2-7-11-18-12-8-4-3-5-9-12/h3-5,8-9,13,15H,1-2,6-7,10-11H2,(H,16,17). The Kier molecular flexibility index (Phi) is 6.87. The van der Waals surface area contributed by atoms with E-state index in [4.69, 9.17) is 14.9 Å². The number of aliphatic hydroxyl groups excluding tert-OH is 1. The molecule has 1 unspecified atom stereocenters. The third-order valence-corrected chi connectivity index (χ3v) is 2.67. The molecule has 0 heterocycles. The molecule has 18 heavy (non-hydrogen) atoms. The van der Waals surface area contributed by atoms with Crippen LogP contribution in [0, 0.1) is 0 Å². The molecule has 1 aromatic rings. The second kappa shape index (κ2) is 8.53. The molecular formula is C14H20O4. The van der Waals surface area contributed by atoms with E-state index in [1.54, 1.807) is 0 Å². The fourth-order valence-electron chi connectivity index (χ4n) is 1.62. The van der Waals surface area contributed by atoms with Crippen LogP contribution in [0.1, 0.15) is 32.1 Å². The monoisotopic (exact) mass is 252 g/mol. The number of carboxylic acids is 1. The molecular weight excluding hydrogens is 232 g/mol. The van der Waals surface area contributed by atoms with Gasteiger partial charge in [-0.25, -0.2) is 4.79 Å². The summed E-state index contributed by atoms with van der Waals surface area (Å²) in [6.07, 6.45) is 2.69. The van der Waals surface area contributed by atoms with Crippen LogP contribution in [0.25, 0.3) is 0 Å². The van der Waals surface area contributed by atoms with E-state index in [-0.39, 0.29) is 0 Å². The van der Waals surface area contributed by atoms with E-state index in [9.17, 15) is 4.79 Å². The molecule has 4 nitrogen and oxygen atoms in total. The molecule has 1 atom stereocenters. The van der Waals surface area contributed by atoms with E-state index < -0.39 is 12.1 Å². The van der Waals surface area contributed by atoms with Crippen LogP contribution in [0.2, 0.25) is 0 Å². The summed E-state index contributed by atoms with van der Waals surface area (Å²) >= 11 is 0. The summed E-state index contributed by atoms with van der Waals surface area (Å²) in [7, 11) is 0. The molecule has 0 saturated carbocycles. The molecule has 0 amide bonds. The van der Waals surface area contributed by atoms with Gasteiger partial charge in [0.2, 0.25) is 0 Å². The number of aliphatic hydroxyl groups is 1. The van der Waals surface area contributed by atoms with Crippen molar-refractivity contribution in [1.82, 2.24) is 0 Å². The number of rotatable bonds is 9. The van der Waals surface area contributed by atoms with Gasteiger partial charge in [0.05, 0.1) is 6.61 Å². The highest BCUT2D eigenvalue weighted by Crippen LogP contribution is 2.10. The quantitative estimate of drug-likeness (QED) is 0.662. The summed E-state index contributed by atoms with van der Waals surface area (Å²) in [6, 6.07) is 9.65.